The second-order valence-electron chi connectivity index (χ2n) is 4.48. The van der Waals surface area contributed by atoms with Crippen LogP contribution in [0.15, 0.2) is 4.90 Å². The van der Waals surface area contributed by atoms with E-state index in [9.17, 15) is 8.42 Å². The van der Waals surface area contributed by atoms with Crippen molar-refractivity contribution in [3.63, 3.8) is 0 Å². The van der Waals surface area contributed by atoms with Crippen LogP contribution in [-0.2, 0) is 9.84 Å². The Morgan fingerprint density at radius 1 is 1.59 bits per heavy atom. The monoisotopic (exact) mass is 275 g/mol. The Hall–Kier alpha value is -0.820. The molecule has 1 aromatic rings. The molecule has 5 nitrogen and oxygen atoms in total. The SMILES string of the molecule is CCC1CCN(c2snc(N)c2S(C)(=O)=O)C1. The van der Waals surface area contributed by atoms with Crippen molar-refractivity contribution in [2.75, 3.05) is 30.0 Å². The Morgan fingerprint density at radius 2 is 2.29 bits per heavy atom. The predicted molar refractivity (Wildman–Crippen MR) is 70.2 cm³/mol. The maximum absolute atomic E-state index is 11.7. The van der Waals surface area contributed by atoms with Crippen molar-refractivity contribution in [1.29, 1.82) is 0 Å². The number of rotatable bonds is 3. The summed E-state index contributed by atoms with van der Waals surface area (Å²) in [5.41, 5.74) is 5.66. The largest absolute Gasteiger partial charge is 0.382 e. The topological polar surface area (TPSA) is 76.3 Å². The van der Waals surface area contributed by atoms with Crippen LogP contribution in [0, 0.1) is 5.92 Å². The molecule has 1 aromatic heterocycles. The number of hydrogen-bond acceptors (Lipinski definition) is 6. The van der Waals surface area contributed by atoms with E-state index in [2.05, 4.69) is 16.2 Å². The zero-order valence-corrected chi connectivity index (χ0v) is 11.6. The average Bonchev–Trinajstić information content (AvgIpc) is 2.81. The molecule has 1 saturated heterocycles. The molecule has 2 rings (SSSR count). The van der Waals surface area contributed by atoms with E-state index in [0.29, 0.717) is 10.9 Å². The van der Waals surface area contributed by atoms with Crippen LogP contribution in [0.25, 0.3) is 0 Å². The number of nitrogens with two attached hydrogens (primary N) is 1. The minimum atomic E-state index is -3.30. The molecular weight excluding hydrogens is 258 g/mol. The summed E-state index contributed by atoms with van der Waals surface area (Å²) < 4.78 is 27.4. The van der Waals surface area contributed by atoms with Gasteiger partial charge in [-0.3, -0.25) is 0 Å². The zero-order valence-electron chi connectivity index (χ0n) is 10.0. The summed E-state index contributed by atoms with van der Waals surface area (Å²) >= 11 is 1.18. The summed E-state index contributed by atoms with van der Waals surface area (Å²) in [7, 11) is -3.30. The van der Waals surface area contributed by atoms with E-state index in [1.807, 2.05) is 0 Å². The van der Waals surface area contributed by atoms with Crippen molar-refractivity contribution >= 4 is 32.2 Å². The highest BCUT2D eigenvalue weighted by Crippen LogP contribution is 2.37. The summed E-state index contributed by atoms with van der Waals surface area (Å²) in [6.45, 7) is 3.95. The normalized spacial score (nSPS) is 21.1. The molecule has 0 bridgehead atoms. The molecule has 1 unspecified atom stereocenters. The second-order valence-corrected chi connectivity index (χ2v) is 7.19. The first-order valence-electron chi connectivity index (χ1n) is 5.63. The average molecular weight is 275 g/mol. The van der Waals surface area contributed by atoms with E-state index >= 15 is 0 Å². The molecule has 7 heteroatoms. The van der Waals surface area contributed by atoms with E-state index in [4.69, 9.17) is 5.73 Å². The number of sulfone groups is 1. The third-order valence-electron chi connectivity index (χ3n) is 3.18. The van der Waals surface area contributed by atoms with Gasteiger partial charge in [0.25, 0.3) is 0 Å². The van der Waals surface area contributed by atoms with E-state index in [0.717, 1.165) is 25.9 Å². The van der Waals surface area contributed by atoms with Gasteiger partial charge in [-0.05, 0) is 23.9 Å². The lowest BCUT2D eigenvalue weighted by Gasteiger charge is -2.17. The summed E-state index contributed by atoms with van der Waals surface area (Å²) in [6.07, 6.45) is 3.42. The lowest BCUT2D eigenvalue weighted by atomic mass is 10.1. The van der Waals surface area contributed by atoms with Crippen LogP contribution < -0.4 is 10.6 Å². The molecule has 96 valence electrons. The number of nitrogen functional groups attached to an aromatic ring is 1. The molecule has 0 saturated carbocycles. The standard InChI is InChI=1S/C10H17N3O2S2/c1-3-7-4-5-13(6-7)10-8(17(2,14)15)9(11)12-16-10/h7H,3-6H2,1-2H3,(H2,11,12). The number of anilines is 2. The Balaban J connectivity index is 2.35. The van der Waals surface area contributed by atoms with Gasteiger partial charge in [0.05, 0.1) is 0 Å². The van der Waals surface area contributed by atoms with Gasteiger partial charge in [0.2, 0.25) is 0 Å². The van der Waals surface area contributed by atoms with E-state index in [1.54, 1.807) is 0 Å². The molecule has 0 aromatic carbocycles. The molecule has 1 atom stereocenters. The van der Waals surface area contributed by atoms with Crippen LogP contribution in [0.5, 0.6) is 0 Å². The van der Waals surface area contributed by atoms with Gasteiger partial charge < -0.3 is 10.6 Å². The van der Waals surface area contributed by atoms with Crippen LogP contribution in [-0.4, -0.2) is 32.1 Å². The highest BCUT2D eigenvalue weighted by atomic mass is 32.2. The molecule has 0 radical (unpaired) electrons. The summed E-state index contributed by atoms with van der Waals surface area (Å²) in [4.78, 5) is 2.30. The molecule has 1 aliphatic heterocycles. The fraction of sp³-hybridized carbons (Fsp3) is 0.700. The smallest absolute Gasteiger partial charge is 0.182 e. The Bertz CT molecular complexity index is 510. The van der Waals surface area contributed by atoms with Crippen molar-refractivity contribution in [3.8, 4) is 0 Å². The van der Waals surface area contributed by atoms with Crippen molar-refractivity contribution in [1.82, 2.24) is 4.37 Å². The Kier molecular flexibility index (Phi) is 3.31. The van der Waals surface area contributed by atoms with Crippen molar-refractivity contribution in [2.24, 2.45) is 5.92 Å². The van der Waals surface area contributed by atoms with Crippen molar-refractivity contribution in [3.05, 3.63) is 0 Å². The molecule has 17 heavy (non-hydrogen) atoms. The molecule has 1 fully saturated rings. The van der Waals surface area contributed by atoms with Crippen molar-refractivity contribution in [2.45, 2.75) is 24.7 Å². The number of hydrogen-bond donors (Lipinski definition) is 1. The van der Waals surface area contributed by atoms with Gasteiger partial charge in [-0.1, -0.05) is 13.3 Å². The lowest BCUT2D eigenvalue weighted by Crippen LogP contribution is -2.20. The molecule has 0 spiro atoms. The van der Waals surface area contributed by atoms with Crippen LogP contribution in [0.2, 0.25) is 0 Å². The van der Waals surface area contributed by atoms with Gasteiger partial charge in [0, 0.05) is 19.3 Å². The molecule has 0 amide bonds. The molecular formula is C10H17N3O2S2. The third kappa shape index (κ3) is 2.40. The molecule has 1 aliphatic rings. The summed E-state index contributed by atoms with van der Waals surface area (Å²) in [5, 5.41) is 0.709. The van der Waals surface area contributed by atoms with Crippen LogP contribution in [0.4, 0.5) is 10.8 Å². The van der Waals surface area contributed by atoms with Crippen LogP contribution >= 0.6 is 11.5 Å². The maximum Gasteiger partial charge on any atom is 0.182 e. The highest BCUT2D eigenvalue weighted by molar-refractivity contribution is 7.91. The van der Waals surface area contributed by atoms with Crippen LogP contribution in [0.1, 0.15) is 19.8 Å². The van der Waals surface area contributed by atoms with Gasteiger partial charge in [-0.25, -0.2) is 8.42 Å². The van der Waals surface area contributed by atoms with Gasteiger partial charge >= 0.3 is 0 Å². The first-order valence-corrected chi connectivity index (χ1v) is 8.30. The van der Waals surface area contributed by atoms with E-state index in [-0.39, 0.29) is 10.7 Å². The first-order chi connectivity index (χ1) is 7.93. The fourth-order valence-electron chi connectivity index (χ4n) is 2.19. The predicted octanol–water partition coefficient (Wildman–Crippen LogP) is 1.37. The van der Waals surface area contributed by atoms with Gasteiger partial charge in [-0.15, -0.1) is 0 Å². The van der Waals surface area contributed by atoms with Crippen LogP contribution in [0.3, 0.4) is 0 Å². The number of nitrogens with zero attached hydrogens (tertiary/aromatic N) is 2. The van der Waals surface area contributed by atoms with Gasteiger partial charge in [0.1, 0.15) is 9.90 Å². The van der Waals surface area contributed by atoms with E-state index in [1.165, 1.54) is 17.8 Å². The third-order valence-corrected chi connectivity index (χ3v) is 5.38. The highest BCUT2D eigenvalue weighted by Gasteiger charge is 2.29. The number of aromatic nitrogens is 1. The van der Waals surface area contributed by atoms with E-state index < -0.39 is 9.84 Å². The lowest BCUT2D eigenvalue weighted by molar-refractivity contribution is 0.569. The van der Waals surface area contributed by atoms with Gasteiger partial charge in [-0.2, -0.15) is 4.37 Å². The first kappa shape index (κ1) is 12.6. The molecule has 2 N–H and O–H groups in total. The quantitative estimate of drug-likeness (QED) is 0.901. The minimum Gasteiger partial charge on any atom is -0.382 e. The molecule has 2 heterocycles. The minimum absolute atomic E-state index is 0.132. The zero-order chi connectivity index (χ0) is 12.6. The summed E-state index contributed by atoms with van der Waals surface area (Å²) in [6, 6.07) is 0. The van der Waals surface area contributed by atoms with Gasteiger partial charge in [0.15, 0.2) is 15.7 Å². The summed E-state index contributed by atoms with van der Waals surface area (Å²) in [5.74, 6) is 0.776. The Labute approximate surface area is 106 Å². The second kappa shape index (κ2) is 4.45. The maximum atomic E-state index is 11.7. The Morgan fingerprint density at radius 3 is 2.82 bits per heavy atom. The van der Waals surface area contributed by atoms with Crippen molar-refractivity contribution < 1.29 is 8.42 Å². The fourth-order valence-corrected chi connectivity index (χ4v) is 4.43. The molecule has 0 aliphatic carbocycles.